The smallest absolute Gasteiger partial charge is 0.264 e. The van der Waals surface area contributed by atoms with E-state index in [0.29, 0.717) is 28.0 Å². The van der Waals surface area contributed by atoms with Crippen molar-refractivity contribution in [3.05, 3.63) is 87.4 Å². The van der Waals surface area contributed by atoms with Gasteiger partial charge in [-0.25, -0.2) is 0 Å². The number of rotatable bonds is 5. The van der Waals surface area contributed by atoms with Gasteiger partial charge in [-0.1, -0.05) is 41.4 Å². The average molecular weight is 500 g/mol. The van der Waals surface area contributed by atoms with E-state index in [1.54, 1.807) is 36.1 Å². The summed E-state index contributed by atoms with van der Waals surface area (Å²) in [6.45, 7) is 2.06. The summed E-state index contributed by atoms with van der Waals surface area (Å²) in [5.74, 6) is -0.0654. The molecule has 0 aliphatic carbocycles. The van der Waals surface area contributed by atoms with E-state index in [0.717, 1.165) is 22.4 Å². The van der Waals surface area contributed by atoms with Crippen LogP contribution < -0.4 is 20.3 Å². The van der Waals surface area contributed by atoms with Gasteiger partial charge in [0.2, 0.25) is 0 Å². The summed E-state index contributed by atoms with van der Waals surface area (Å²) < 4.78 is 5.52. The molecule has 0 atom stereocenters. The number of amides is 2. The normalized spacial score (nSPS) is 12.3. The molecule has 0 spiro atoms. The molecule has 0 aromatic heterocycles. The second-order valence-electron chi connectivity index (χ2n) is 7.42. The lowest BCUT2D eigenvalue weighted by molar-refractivity contribution is -0.121. The van der Waals surface area contributed by atoms with Gasteiger partial charge in [0.1, 0.15) is 5.75 Å². The van der Waals surface area contributed by atoms with Crippen molar-refractivity contribution in [3.8, 4) is 5.75 Å². The summed E-state index contributed by atoms with van der Waals surface area (Å²) in [6, 6.07) is 18.0. The van der Waals surface area contributed by atoms with Crippen LogP contribution >= 0.6 is 35.4 Å². The Hall–Kier alpha value is -3.13. The van der Waals surface area contributed by atoms with Crippen LogP contribution in [0.4, 0.5) is 11.4 Å². The Labute approximate surface area is 206 Å². The molecule has 0 fully saturated rings. The van der Waals surface area contributed by atoms with Gasteiger partial charge in [-0.2, -0.15) is 0 Å². The molecule has 0 radical (unpaired) electrons. The Bertz CT molecular complexity index is 1220. The number of carbonyl (C=O) groups is 2. The maximum atomic E-state index is 12.6. The Morgan fingerprint density at radius 1 is 1.12 bits per heavy atom. The molecule has 1 aliphatic heterocycles. The minimum atomic E-state index is -0.435. The Kier molecular flexibility index (Phi) is 6.83. The predicted molar refractivity (Wildman–Crippen MR) is 134 cm³/mol. The average Bonchev–Trinajstić information content (AvgIpc) is 3.10. The predicted octanol–water partition coefficient (Wildman–Crippen LogP) is 5.35. The van der Waals surface area contributed by atoms with E-state index >= 15 is 0 Å². The number of anilines is 2. The summed E-state index contributed by atoms with van der Waals surface area (Å²) >= 11 is 17.3. The van der Waals surface area contributed by atoms with Crippen molar-refractivity contribution in [1.82, 2.24) is 5.32 Å². The molecule has 2 N–H and O–H groups in total. The number of hydrogen-bond acceptors (Lipinski definition) is 4. The minimum absolute atomic E-state index is 0.0230. The number of nitrogens with zero attached hydrogens (tertiary/aromatic N) is 1. The molecule has 3 aromatic rings. The second kappa shape index (κ2) is 9.79. The van der Waals surface area contributed by atoms with Crippen molar-refractivity contribution in [2.45, 2.75) is 13.5 Å². The number of hydrogen-bond donors (Lipinski definition) is 2. The van der Waals surface area contributed by atoms with Crippen LogP contribution in [0.3, 0.4) is 0 Å². The van der Waals surface area contributed by atoms with E-state index in [1.165, 1.54) is 0 Å². The van der Waals surface area contributed by atoms with Crippen LogP contribution in [0.5, 0.6) is 5.75 Å². The lowest BCUT2D eigenvalue weighted by atomic mass is 10.1. The third-order valence-electron chi connectivity index (χ3n) is 5.05. The van der Waals surface area contributed by atoms with E-state index in [2.05, 4.69) is 10.6 Å². The first-order valence-corrected chi connectivity index (χ1v) is 11.2. The molecule has 1 heterocycles. The van der Waals surface area contributed by atoms with Gasteiger partial charge < -0.3 is 15.0 Å². The first-order chi connectivity index (χ1) is 15.8. The fourth-order valence-electron chi connectivity index (χ4n) is 3.52. The monoisotopic (exact) mass is 499 g/mol. The summed E-state index contributed by atoms with van der Waals surface area (Å²) in [4.78, 5) is 26.5. The quantitative estimate of drug-likeness (QED) is 0.462. The van der Waals surface area contributed by atoms with Crippen LogP contribution in [0.25, 0.3) is 0 Å². The summed E-state index contributed by atoms with van der Waals surface area (Å²) in [7, 11) is 0. The first-order valence-electron chi connectivity index (χ1n) is 10.0. The van der Waals surface area contributed by atoms with Gasteiger partial charge >= 0.3 is 0 Å². The summed E-state index contributed by atoms with van der Waals surface area (Å²) in [6.07, 6.45) is 0. The molecule has 0 saturated heterocycles. The number of aryl methyl sites for hydroxylation is 1. The SMILES string of the molecule is Cc1cc(Cl)cc(Cl)c1OCC(=O)NC(=S)Nc1ccc(N2Cc3ccccc3C2=O)cc1. The first kappa shape index (κ1) is 23.0. The molecule has 33 heavy (non-hydrogen) atoms. The number of benzene rings is 3. The Morgan fingerprint density at radius 3 is 2.55 bits per heavy atom. The van der Waals surface area contributed by atoms with Crippen LogP contribution in [-0.2, 0) is 11.3 Å². The van der Waals surface area contributed by atoms with Gasteiger partial charge in [0.15, 0.2) is 11.7 Å². The number of halogens is 2. The maximum Gasteiger partial charge on any atom is 0.264 e. The molecule has 0 saturated carbocycles. The molecule has 4 rings (SSSR count). The number of nitrogens with one attached hydrogen (secondary N) is 2. The van der Waals surface area contributed by atoms with Crippen molar-refractivity contribution >= 4 is 63.7 Å². The van der Waals surface area contributed by atoms with Crippen LogP contribution in [0.2, 0.25) is 10.0 Å². The highest BCUT2D eigenvalue weighted by Crippen LogP contribution is 2.32. The number of fused-ring (bicyclic) bond motifs is 1. The highest BCUT2D eigenvalue weighted by Gasteiger charge is 2.27. The van der Waals surface area contributed by atoms with E-state index in [4.69, 9.17) is 40.2 Å². The number of ether oxygens (including phenoxy) is 1. The molecular formula is C24H19Cl2N3O3S. The van der Waals surface area contributed by atoms with Crippen molar-refractivity contribution in [1.29, 1.82) is 0 Å². The molecule has 168 valence electrons. The van der Waals surface area contributed by atoms with Gasteiger partial charge in [0.05, 0.1) is 11.6 Å². The van der Waals surface area contributed by atoms with Gasteiger partial charge in [-0.3, -0.25) is 14.9 Å². The van der Waals surface area contributed by atoms with Crippen LogP contribution in [0.1, 0.15) is 21.5 Å². The number of carbonyl (C=O) groups excluding carboxylic acids is 2. The highest BCUT2D eigenvalue weighted by molar-refractivity contribution is 7.80. The minimum Gasteiger partial charge on any atom is -0.482 e. The molecule has 6 nitrogen and oxygen atoms in total. The third kappa shape index (κ3) is 5.27. The third-order valence-corrected chi connectivity index (χ3v) is 5.76. The van der Waals surface area contributed by atoms with E-state index in [-0.39, 0.29) is 17.6 Å². The van der Waals surface area contributed by atoms with E-state index < -0.39 is 5.91 Å². The van der Waals surface area contributed by atoms with E-state index in [1.807, 2.05) is 36.4 Å². The fourth-order valence-corrected chi connectivity index (χ4v) is 4.40. The lowest BCUT2D eigenvalue weighted by Crippen LogP contribution is -2.37. The molecular weight excluding hydrogens is 481 g/mol. The van der Waals surface area contributed by atoms with Crippen LogP contribution in [0.15, 0.2) is 60.7 Å². The van der Waals surface area contributed by atoms with Crippen LogP contribution in [0, 0.1) is 6.92 Å². The zero-order valence-corrected chi connectivity index (χ0v) is 19.9. The van der Waals surface area contributed by atoms with Crippen molar-refractivity contribution < 1.29 is 14.3 Å². The van der Waals surface area contributed by atoms with Crippen molar-refractivity contribution in [2.75, 3.05) is 16.8 Å². The molecule has 3 aromatic carbocycles. The second-order valence-corrected chi connectivity index (χ2v) is 8.67. The summed E-state index contributed by atoms with van der Waals surface area (Å²) in [5.41, 5.74) is 3.90. The van der Waals surface area contributed by atoms with E-state index in [9.17, 15) is 9.59 Å². The number of thiocarbonyl (C=S) groups is 1. The topological polar surface area (TPSA) is 70.7 Å². The molecule has 1 aliphatic rings. The Balaban J connectivity index is 1.30. The van der Waals surface area contributed by atoms with Gasteiger partial charge in [0.25, 0.3) is 11.8 Å². The van der Waals surface area contributed by atoms with Gasteiger partial charge in [-0.05, 0) is 72.7 Å². The standard InChI is InChI=1S/C24H19Cl2N3O3S/c1-14-10-16(25)11-20(26)22(14)32-13-21(30)28-24(33)27-17-6-8-18(9-7-17)29-12-15-4-2-3-5-19(15)23(29)31/h2-11H,12-13H2,1H3,(H2,27,28,30,33). The lowest BCUT2D eigenvalue weighted by Gasteiger charge is -2.17. The zero-order valence-electron chi connectivity index (χ0n) is 17.5. The van der Waals surface area contributed by atoms with Gasteiger partial charge in [-0.15, -0.1) is 0 Å². The van der Waals surface area contributed by atoms with Gasteiger partial charge in [0, 0.05) is 22.0 Å². The maximum absolute atomic E-state index is 12.6. The molecule has 0 unspecified atom stereocenters. The van der Waals surface area contributed by atoms with Crippen molar-refractivity contribution in [3.63, 3.8) is 0 Å². The largest absolute Gasteiger partial charge is 0.482 e. The fraction of sp³-hybridized carbons (Fsp3) is 0.125. The van der Waals surface area contributed by atoms with Crippen molar-refractivity contribution in [2.24, 2.45) is 0 Å². The Morgan fingerprint density at radius 2 is 1.85 bits per heavy atom. The highest BCUT2D eigenvalue weighted by atomic mass is 35.5. The molecule has 9 heteroatoms. The zero-order chi connectivity index (χ0) is 23.5. The molecule has 2 amide bonds. The summed E-state index contributed by atoms with van der Waals surface area (Å²) in [5, 5.41) is 6.45. The molecule has 0 bridgehead atoms. The van der Waals surface area contributed by atoms with Crippen LogP contribution in [-0.4, -0.2) is 23.5 Å².